The number of carbonyl (C=O) groups excluding carboxylic acids is 1. The molecule has 6 nitrogen and oxygen atoms in total. The Labute approximate surface area is 136 Å². The molecule has 0 saturated carbocycles. The summed E-state index contributed by atoms with van der Waals surface area (Å²) in [6.07, 6.45) is 1.55. The van der Waals surface area contributed by atoms with Gasteiger partial charge in [0, 0.05) is 25.5 Å². The largest absolute Gasteiger partial charge is 0.383 e. The summed E-state index contributed by atoms with van der Waals surface area (Å²) < 4.78 is 4.95. The van der Waals surface area contributed by atoms with Gasteiger partial charge < -0.3 is 15.4 Å². The molecule has 0 fully saturated rings. The van der Waals surface area contributed by atoms with Crippen molar-refractivity contribution < 1.29 is 9.53 Å². The molecule has 2 aromatic rings. The first-order valence-electron chi connectivity index (χ1n) is 7.57. The van der Waals surface area contributed by atoms with E-state index in [0.29, 0.717) is 30.7 Å². The highest BCUT2D eigenvalue weighted by atomic mass is 16.5. The zero-order chi connectivity index (χ0) is 16.7. The van der Waals surface area contributed by atoms with Crippen molar-refractivity contribution >= 4 is 17.5 Å². The lowest BCUT2D eigenvalue weighted by Crippen LogP contribution is -2.16. The van der Waals surface area contributed by atoms with Gasteiger partial charge in [-0.1, -0.05) is 26.0 Å². The number of rotatable bonds is 7. The topological polar surface area (TPSA) is 76.1 Å². The summed E-state index contributed by atoms with van der Waals surface area (Å²) in [4.78, 5) is 20.5. The van der Waals surface area contributed by atoms with E-state index in [2.05, 4.69) is 34.4 Å². The molecule has 1 aromatic carbocycles. The molecule has 0 saturated heterocycles. The third-order valence-electron chi connectivity index (χ3n) is 3.31. The van der Waals surface area contributed by atoms with Crippen molar-refractivity contribution in [3.8, 4) is 0 Å². The Morgan fingerprint density at radius 1 is 1.22 bits per heavy atom. The second-order valence-corrected chi connectivity index (χ2v) is 5.42. The fourth-order valence-corrected chi connectivity index (χ4v) is 1.98. The Bertz CT molecular complexity index is 641. The number of aromatic nitrogens is 2. The normalized spacial score (nSPS) is 10.6. The summed E-state index contributed by atoms with van der Waals surface area (Å²) >= 11 is 0. The van der Waals surface area contributed by atoms with Gasteiger partial charge in [0.2, 0.25) is 5.95 Å². The van der Waals surface area contributed by atoms with E-state index in [-0.39, 0.29) is 5.91 Å². The number of hydrogen-bond acceptors (Lipinski definition) is 5. The quantitative estimate of drug-likeness (QED) is 0.769. The lowest BCUT2D eigenvalue weighted by molar-refractivity contribution is 0.102. The molecule has 1 aromatic heterocycles. The van der Waals surface area contributed by atoms with Crippen molar-refractivity contribution in [3.63, 3.8) is 0 Å². The number of hydrogen-bond donors (Lipinski definition) is 2. The van der Waals surface area contributed by atoms with Gasteiger partial charge in [0.25, 0.3) is 5.91 Å². The first-order chi connectivity index (χ1) is 11.1. The van der Waals surface area contributed by atoms with E-state index in [1.807, 2.05) is 24.3 Å². The molecule has 0 radical (unpaired) electrons. The number of benzene rings is 1. The number of nitrogens with zero attached hydrogens (tertiary/aromatic N) is 2. The third kappa shape index (κ3) is 5.03. The van der Waals surface area contributed by atoms with Gasteiger partial charge in [0.05, 0.1) is 6.61 Å². The van der Waals surface area contributed by atoms with Crippen LogP contribution in [0.5, 0.6) is 0 Å². The highest BCUT2D eigenvalue weighted by Gasteiger charge is 2.09. The fraction of sp³-hybridized carbons (Fsp3) is 0.353. The fourth-order valence-electron chi connectivity index (χ4n) is 1.98. The zero-order valence-corrected chi connectivity index (χ0v) is 13.7. The van der Waals surface area contributed by atoms with E-state index in [0.717, 1.165) is 5.69 Å². The molecule has 122 valence electrons. The number of carbonyl (C=O) groups is 1. The van der Waals surface area contributed by atoms with E-state index in [1.165, 1.54) is 5.56 Å². The standard InChI is InChI=1S/C17H22N4O2/c1-12(2)13-4-6-14(7-5-13)20-16(22)15-8-9-18-17(21-15)19-10-11-23-3/h4-9,12H,10-11H2,1-3H3,(H,20,22)(H,18,19,21). The smallest absolute Gasteiger partial charge is 0.274 e. The Hall–Kier alpha value is -2.47. The van der Waals surface area contributed by atoms with Gasteiger partial charge in [0.1, 0.15) is 5.69 Å². The highest BCUT2D eigenvalue weighted by Crippen LogP contribution is 2.17. The number of anilines is 2. The zero-order valence-electron chi connectivity index (χ0n) is 13.7. The van der Waals surface area contributed by atoms with Crippen LogP contribution in [0, 0.1) is 0 Å². The van der Waals surface area contributed by atoms with Crippen LogP contribution in [0.1, 0.15) is 35.8 Å². The van der Waals surface area contributed by atoms with E-state index in [1.54, 1.807) is 19.4 Å². The molecule has 2 rings (SSSR count). The lowest BCUT2D eigenvalue weighted by atomic mass is 10.0. The van der Waals surface area contributed by atoms with E-state index in [4.69, 9.17) is 4.74 Å². The van der Waals surface area contributed by atoms with Gasteiger partial charge in [-0.15, -0.1) is 0 Å². The van der Waals surface area contributed by atoms with Crippen LogP contribution in [-0.2, 0) is 4.74 Å². The van der Waals surface area contributed by atoms with Gasteiger partial charge in [-0.2, -0.15) is 0 Å². The SMILES string of the molecule is COCCNc1nccc(C(=O)Nc2ccc(C(C)C)cc2)n1. The average molecular weight is 314 g/mol. The summed E-state index contributed by atoms with van der Waals surface area (Å²) in [6.45, 7) is 5.39. The van der Waals surface area contributed by atoms with Crippen molar-refractivity contribution in [1.29, 1.82) is 0 Å². The van der Waals surface area contributed by atoms with Crippen LogP contribution in [0.3, 0.4) is 0 Å². The van der Waals surface area contributed by atoms with Crippen LogP contribution >= 0.6 is 0 Å². The molecule has 0 spiro atoms. The van der Waals surface area contributed by atoms with E-state index >= 15 is 0 Å². The van der Waals surface area contributed by atoms with Gasteiger partial charge in [-0.05, 0) is 29.7 Å². The molecular weight excluding hydrogens is 292 g/mol. The van der Waals surface area contributed by atoms with Crippen molar-refractivity contribution in [3.05, 3.63) is 47.8 Å². The number of nitrogens with one attached hydrogen (secondary N) is 2. The maximum Gasteiger partial charge on any atom is 0.274 e. The molecule has 0 aliphatic rings. The van der Waals surface area contributed by atoms with Gasteiger partial charge in [-0.3, -0.25) is 4.79 Å². The predicted octanol–water partition coefficient (Wildman–Crippen LogP) is 2.91. The average Bonchev–Trinajstić information content (AvgIpc) is 2.56. The molecule has 0 unspecified atom stereocenters. The molecule has 1 amide bonds. The first-order valence-corrected chi connectivity index (χ1v) is 7.57. The minimum Gasteiger partial charge on any atom is -0.383 e. The molecule has 23 heavy (non-hydrogen) atoms. The molecule has 6 heteroatoms. The third-order valence-corrected chi connectivity index (χ3v) is 3.31. The maximum atomic E-state index is 12.3. The number of amides is 1. The summed E-state index contributed by atoms with van der Waals surface area (Å²) in [5.74, 6) is 0.603. The Morgan fingerprint density at radius 2 is 1.96 bits per heavy atom. The highest BCUT2D eigenvalue weighted by molar-refractivity contribution is 6.02. The summed E-state index contributed by atoms with van der Waals surface area (Å²) in [5, 5.41) is 5.83. The minimum absolute atomic E-state index is 0.264. The molecule has 0 aliphatic carbocycles. The van der Waals surface area contributed by atoms with Crippen LogP contribution in [0.2, 0.25) is 0 Å². The maximum absolute atomic E-state index is 12.3. The number of ether oxygens (including phenoxy) is 1. The molecule has 1 heterocycles. The van der Waals surface area contributed by atoms with Gasteiger partial charge in [-0.25, -0.2) is 9.97 Å². The van der Waals surface area contributed by atoms with Gasteiger partial charge >= 0.3 is 0 Å². The van der Waals surface area contributed by atoms with E-state index < -0.39 is 0 Å². The molecular formula is C17H22N4O2. The van der Waals surface area contributed by atoms with Crippen molar-refractivity contribution in [2.24, 2.45) is 0 Å². The van der Waals surface area contributed by atoms with Crippen molar-refractivity contribution in [2.75, 3.05) is 30.9 Å². The Kier molecular flexibility index (Phi) is 6.05. The second kappa shape index (κ2) is 8.24. The van der Waals surface area contributed by atoms with Crippen molar-refractivity contribution in [2.45, 2.75) is 19.8 Å². The lowest BCUT2D eigenvalue weighted by Gasteiger charge is -2.09. The van der Waals surface area contributed by atoms with Crippen LogP contribution in [0.25, 0.3) is 0 Å². The van der Waals surface area contributed by atoms with Crippen molar-refractivity contribution in [1.82, 2.24) is 9.97 Å². The molecule has 0 bridgehead atoms. The van der Waals surface area contributed by atoms with Crippen LogP contribution < -0.4 is 10.6 Å². The van der Waals surface area contributed by atoms with Crippen LogP contribution in [-0.4, -0.2) is 36.1 Å². The second-order valence-electron chi connectivity index (χ2n) is 5.42. The van der Waals surface area contributed by atoms with Gasteiger partial charge in [0.15, 0.2) is 0 Å². The Morgan fingerprint density at radius 3 is 2.61 bits per heavy atom. The first kappa shape index (κ1) is 16.9. The summed E-state index contributed by atoms with van der Waals surface area (Å²) in [7, 11) is 1.62. The Balaban J connectivity index is 2.01. The van der Waals surface area contributed by atoms with E-state index in [9.17, 15) is 4.79 Å². The van der Waals surface area contributed by atoms with Crippen LogP contribution in [0.15, 0.2) is 36.5 Å². The predicted molar refractivity (Wildman–Crippen MR) is 90.9 cm³/mol. The molecule has 0 atom stereocenters. The minimum atomic E-state index is -0.264. The monoisotopic (exact) mass is 314 g/mol. The molecule has 0 aliphatic heterocycles. The molecule has 2 N–H and O–H groups in total. The summed E-state index contributed by atoms with van der Waals surface area (Å²) in [5.41, 5.74) is 2.29. The van der Waals surface area contributed by atoms with Crippen LogP contribution in [0.4, 0.5) is 11.6 Å². The summed E-state index contributed by atoms with van der Waals surface area (Å²) in [6, 6.07) is 9.40. The number of methoxy groups -OCH3 is 1.